The first kappa shape index (κ1) is 20.7. The molecule has 0 aromatic heterocycles. The van der Waals surface area contributed by atoms with E-state index in [1.54, 1.807) is 47.4 Å². The fourth-order valence-corrected chi connectivity index (χ4v) is 4.08. The van der Waals surface area contributed by atoms with Crippen LogP contribution in [-0.4, -0.2) is 11.1 Å². The van der Waals surface area contributed by atoms with Crippen LogP contribution < -0.4 is 4.90 Å². The van der Waals surface area contributed by atoms with Gasteiger partial charge in [-0.25, -0.2) is 9.38 Å². The first-order valence-corrected chi connectivity index (χ1v) is 10.8. The fourth-order valence-electron chi connectivity index (χ4n) is 2.86. The van der Waals surface area contributed by atoms with E-state index >= 15 is 0 Å². The van der Waals surface area contributed by atoms with E-state index < -0.39 is 0 Å². The van der Waals surface area contributed by atoms with Crippen molar-refractivity contribution in [3.63, 3.8) is 0 Å². The van der Waals surface area contributed by atoms with Gasteiger partial charge in [-0.2, -0.15) is 0 Å². The molecule has 1 amide bonds. The lowest BCUT2D eigenvalue weighted by atomic mass is 10.2. The van der Waals surface area contributed by atoms with Crippen molar-refractivity contribution >= 4 is 57.8 Å². The van der Waals surface area contributed by atoms with Crippen LogP contribution in [0.2, 0.25) is 10.0 Å². The van der Waals surface area contributed by atoms with Crippen LogP contribution >= 0.6 is 35.0 Å². The molecule has 0 saturated heterocycles. The lowest BCUT2D eigenvalue weighted by molar-refractivity contribution is -0.113. The summed E-state index contributed by atoms with van der Waals surface area (Å²) in [6.07, 6.45) is 1.65. The van der Waals surface area contributed by atoms with Crippen molar-refractivity contribution in [3.05, 3.63) is 105 Å². The van der Waals surface area contributed by atoms with E-state index in [-0.39, 0.29) is 17.4 Å². The molecule has 3 aromatic carbocycles. The van der Waals surface area contributed by atoms with Crippen LogP contribution in [0.1, 0.15) is 11.1 Å². The van der Waals surface area contributed by atoms with Crippen LogP contribution in [0.4, 0.5) is 10.1 Å². The van der Waals surface area contributed by atoms with E-state index in [0.717, 1.165) is 5.56 Å². The number of rotatable bonds is 4. The number of benzene rings is 3. The number of thioether (sulfide) groups is 1. The van der Waals surface area contributed by atoms with Gasteiger partial charge in [-0.3, -0.25) is 9.69 Å². The predicted octanol–water partition coefficient (Wildman–Crippen LogP) is 6.81. The summed E-state index contributed by atoms with van der Waals surface area (Å²) in [6.45, 7) is 0. The molecular formula is C23H15Cl2FN2OS. The zero-order valence-electron chi connectivity index (χ0n) is 15.6. The third-order valence-corrected chi connectivity index (χ3v) is 5.88. The highest BCUT2D eigenvalue weighted by atomic mass is 35.5. The Hall–Kier alpha value is -2.60. The van der Waals surface area contributed by atoms with E-state index in [9.17, 15) is 9.18 Å². The van der Waals surface area contributed by atoms with E-state index in [4.69, 9.17) is 23.2 Å². The second-order valence-corrected chi connectivity index (χ2v) is 8.32. The standard InChI is InChI=1S/C23H15Cl2FN2OS/c24-17-5-1-16(2-6-17)14-30-23-27-21(13-15-3-9-19(26)10-4-15)22(29)28(23)20-11-7-18(25)8-12-20/h1-13H,14H2. The summed E-state index contributed by atoms with van der Waals surface area (Å²) in [4.78, 5) is 19.3. The monoisotopic (exact) mass is 456 g/mol. The number of hydrogen-bond donors (Lipinski definition) is 0. The van der Waals surface area contributed by atoms with Gasteiger partial charge in [0.05, 0.1) is 5.69 Å². The van der Waals surface area contributed by atoms with E-state index in [2.05, 4.69) is 4.99 Å². The van der Waals surface area contributed by atoms with Crippen LogP contribution in [0.5, 0.6) is 0 Å². The molecule has 0 unspecified atom stereocenters. The fraction of sp³-hybridized carbons (Fsp3) is 0.0435. The Balaban J connectivity index is 1.65. The number of nitrogens with zero attached hydrogens (tertiary/aromatic N) is 2. The summed E-state index contributed by atoms with van der Waals surface area (Å²) in [5, 5.41) is 1.81. The van der Waals surface area contributed by atoms with Gasteiger partial charge in [0, 0.05) is 15.8 Å². The molecule has 3 nitrogen and oxygen atoms in total. The zero-order chi connectivity index (χ0) is 21.1. The van der Waals surface area contributed by atoms with Crippen molar-refractivity contribution in [1.82, 2.24) is 0 Å². The number of anilines is 1. The molecule has 0 atom stereocenters. The second-order valence-electron chi connectivity index (χ2n) is 6.51. The van der Waals surface area contributed by atoms with Gasteiger partial charge in [0.1, 0.15) is 11.5 Å². The maximum Gasteiger partial charge on any atom is 0.283 e. The quantitative estimate of drug-likeness (QED) is 0.403. The third-order valence-electron chi connectivity index (χ3n) is 4.37. The molecular weight excluding hydrogens is 442 g/mol. The molecule has 30 heavy (non-hydrogen) atoms. The molecule has 0 fully saturated rings. The van der Waals surface area contributed by atoms with Gasteiger partial charge < -0.3 is 0 Å². The van der Waals surface area contributed by atoms with Gasteiger partial charge >= 0.3 is 0 Å². The normalized spacial score (nSPS) is 15.0. The summed E-state index contributed by atoms with van der Waals surface area (Å²) in [6, 6.07) is 20.5. The smallest absolute Gasteiger partial charge is 0.266 e. The Bertz CT molecular complexity index is 1130. The minimum atomic E-state index is -0.333. The molecule has 0 bridgehead atoms. The minimum absolute atomic E-state index is 0.250. The highest BCUT2D eigenvalue weighted by Gasteiger charge is 2.32. The van der Waals surface area contributed by atoms with Gasteiger partial charge in [0.25, 0.3) is 5.91 Å². The van der Waals surface area contributed by atoms with Crippen LogP contribution in [0.3, 0.4) is 0 Å². The molecule has 4 rings (SSSR count). The highest BCUT2D eigenvalue weighted by Crippen LogP contribution is 2.31. The Morgan fingerprint density at radius 3 is 2.13 bits per heavy atom. The van der Waals surface area contributed by atoms with Gasteiger partial charge in [0.2, 0.25) is 0 Å². The first-order valence-electron chi connectivity index (χ1n) is 9.03. The van der Waals surface area contributed by atoms with Gasteiger partial charge in [-0.15, -0.1) is 0 Å². The lowest BCUT2D eigenvalue weighted by Crippen LogP contribution is -2.30. The largest absolute Gasteiger partial charge is 0.283 e. The predicted molar refractivity (Wildman–Crippen MR) is 123 cm³/mol. The van der Waals surface area contributed by atoms with Crippen molar-refractivity contribution < 1.29 is 9.18 Å². The second kappa shape index (κ2) is 9.04. The van der Waals surface area contributed by atoms with E-state index in [0.29, 0.717) is 32.2 Å². The first-order chi connectivity index (χ1) is 14.5. The van der Waals surface area contributed by atoms with Crippen LogP contribution in [0.25, 0.3) is 6.08 Å². The molecule has 1 aliphatic rings. The van der Waals surface area contributed by atoms with Crippen molar-refractivity contribution in [2.45, 2.75) is 5.75 Å². The van der Waals surface area contributed by atoms with Crippen molar-refractivity contribution in [2.24, 2.45) is 4.99 Å². The summed E-state index contributed by atoms with van der Waals surface area (Å²) in [5.74, 6) is 0.0395. The number of hydrogen-bond acceptors (Lipinski definition) is 3. The summed E-state index contributed by atoms with van der Waals surface area (Å²) in [5.41, 5.74) is 2.72. The Morgan fingerprint density at radius 1 is 0.900 bits per heavy atom. The topological polar surface area (TPSA) is 32.7 Å². The molecule has 0 aliphatic carbocycles. The number of carbonyl (C=O) groups is 1. The zero-order valence-corrected chi connectivity index (χ0v) is 17.9. The molecule has 0 spiro atoms. The Morgan fingerprint density at radius 2 is 1.50 bits per heavy atom. The average Bonchev–Trinajstić information content (AvgIpc) is 3.05. The molecule has 1 heterocycles. The molecule has 150 valence electrons. The minimum Gasteiger partial charge on any atom is -0.266 e. The van der Waals surface area contributed by atoms with E-state index in [1.165, 1.54) is 23.9 Å². The molecule has 7 heteroatoms. The van der Waals surface area contributed by atoms with Crippen LogP contribution in [-0.2, 0) is 10.5 Å². The van der Waals surface area contributed by atoms with Crippen molar-refractivity contribution in [3.8, 4) is 0 Å². The Labute approximate surface area is 187 Å². The van der Waals surface area contributed by atoms with Crippen LogP contribution in [0.15, 0.2) is 83.5 Å². The van der Waals surface area contributed by atoms with Gasteiger partial charge in [0.15, 0.2) is 5.17 Å². The summed E-state index contributed by atoms with van der Waals surface area (Å²) < 4.78 is 13.2. The lowest BCUT2D eigenvalue weighted by Gasteiger charge is -2.18. The average molecular weight is 457 g/mol. The number of amidine groups is 1. The number of aliphatic imine (C=N–C) groups is 1. The highest BCUT2D eigenvalue weighted by molar-refractivity contribution is 8.13. The summed E-state index contributed by atoms with van der Waals surface area (Å²) in [7, 11) is 0. The number of amides is 1. The molecule has 0 radical (unpaired) electrons. The maximum atomic E-state index is 13.2. The molecule has 0 N–H and O–H groups in total. The van der Waals surface area contributed by atoms with E-state index in [1.807, 2.05) is 24.3 Å². The summed E-state index contributed by atoms with van der Waals surface area (Å²) >= 11 is 13.4. The van der Waals surface area contributed by atoms with Crippen molar-refractivity contribution in [1.29, 1.82) is 0 Å². The molecule has 0 saturated carbocycles. The molecule has 1 aliphatic heterocycles. The molecule has 3 aromatic rings. The van der Waals surface area contributed by atoms with Crippen molar-refractivity contribution in [2.75, 3.05) is 4.90 Å². The van der Waals surface area contributed by atoms with Gasteiger partial charge in [-0.1, -0.05) is 59.2 Å². The third kappa shape index (κ3) is 4.75. The SMILES string of the molecule is O=C1C(=Cc2ccc(F)cc2)N=C(SCc2ccc(Cl)cc2)N1c1ccc(Cl)cc1. The Kier molecular flexibility index (Phi) is 6.23. The maximum absolute atomic E-state index is 13.2. The number of carbonyl (C=O) groups excluding carboxylic acids is 1. The van der Waals surface area contributed by atoms with Crippen LogP contribution in [0, 0.1) is 5.82 Å². The number of halogens is 3. The van der Waals surface area contributed by atoms with Gasteiger partial charge in [-0.05, 0) is 65.7 Å².